The molecule has 0 bridgehead atoms. The highest BCUT2D eigenvalue weighted by Crippen LogP contribution is 2.22. The molecule has 1 heterocycles. The van der Waals surface area contributed by atoms with Crippen LogP contribution in [0.5, 0.6) is 0 Å². The fourth-order valence-electron chi connectivity index (χ4n) is 2.10. The van der Waals surface area contributed by atoms with Gasteiger partial charge in [0.05, 0.1) is 0 Å². The summed E-state index contributed by atoms with van der Waals surface area (Å²) in [6.45, 7) is 3.17. The molecule has 2 N–H and O–H groups in total. The Morgan fingerprint density at radius 1 is 1.25 bits per heavy atom. The number of sulfonamides is 1. The molecule has 1 fully saturated rings. The first kappa shape index (κ1) is 14.6. The number of hydrogen-bond acceptors (Lipinski definition) is 4. The lowest BCUT2D eigenvalue weighted by atomic mass is 10.2. The fraction of sp³-hybridized carbons (Fsp3) is 0.462. The van der Waals surface area contributed by atoms with E-state index in [1.165, 1.54) is 12.8 Å². The van der Waals surface area contributed by atoms with Crippen LogP contribution in [0.1, 0.15) is 19.8 Å². The normalized spacial score (nSPS) is 16.9. The van der Waals surface area contributed by atoms with Gasteiger partial charge in [-0.2, -0.15) is 0 Å². The van der Waals surface area contributed by atoms with E-state index in [1.54, 1.807) is 12.1 Å². The van der Waals surface area contributed by atoms with Gasteiger partial charge in [-0.15, -0.1) is 0 Å². The molecule has 20 heavy (non-hydrogen) atoms. The van der Waals surface area contributed by atoms with Gasteiger partial charge in [0, 0.05) is 24.5 Å². The van der Waals surface area contributed by atoms with Crippen molar-refractivity contribution in [2.45, 2.75) is 25.0 Å². The predicted octanol–water partition coefficient (Wildman–Crippen LogP) is 1.50. The third-order valence-electron chi connectivity index (χ3n) is 3.41. The highest BCUT2D eigenvalue weighted by atomic mass is 32.2. The molecule has 0 saturated carbocycles. The third-order valence-corrected chi connectivity index (χ3v) is 5.06. The van der Waals surface area contributed by atoms with E-state index in [4.69, 9.17) is 5.11 Å². The zero-order valence-corrected chi connectivity index (χ0v) is 12.1. The molecule has 1 aromatic rings. The lowest BCUT2D eigenvalue weighted by Gasteiger charge is -2.18. The number of aliphatic carboxylic acids is 1. The Morgan fingerprint density at radius 3 is 2.30 bits per heavy atom. The topological polar surface area (TPSA) is 86.7 Å². The van der Waals surface area contributed by atoms with Crippen molar-refractivity contribution in [1.29, 1.82) is 0 Å². The van der Waals surface area contributed by atoms with E-state index in [9.17, 15) is 13.2 Å². The summed E-state index contributed by atoms with van der Waals surface area (Å²) >= 11 is 0. The Morgan fingerprint density at radius 2 is 1.80 bits per heavy atom. The van der Waals surface area contributed by atoms with Crippen LogP contribution in [0.4, 0.5) is 11.4 Å². The predicted molar refractivity (Wildman–Crippen MR) is 77.5 cm³/mol. The van der Waals surface area contributed by atoms with Crippen LogP contribution in [0.15, 0.2) is 24.3 Å². The van der Waals surface area contributed by atoms with Crippen molar-refractivity contribution in [2.75, 3.05) is 22.7 Å². The number of hydrogen-bond donors (Lipinski definition) is 2. The molecule has 110 valence electrons. The Bertz CT molecular complexity index is 577. The lowest BCUT2D eigenvalue weighted by Crippen LogP contribution is -2.32. The first-order valence-corrected chi connectivity index (χ1v) is 8.04. The van der Waals surface area contributed by atoms with Crippen molar-refractivity contribution in [3.63, 3.8) is 0 Å². The van der Waals surface area contributed by atoms with Crippen molar-refractivity contribution in [1.82, 2.24) is 0 Å². The summed E-state index contributed by atoms with van der Waals surface area (Å²) in [4.78, 5) is 13.0. The lowest BCUT2D eigenvalue weighted by molar-refractivity contribution is -0.136. The average Bonchev–Trinajstić information content (AvgIpc) is 2.92. The van der Waals surface area contributed by atoms with E-state index in [0.29, 0.717) is 5.69 Å². The van der Waals surface area contributed by atoms with Crippen LogP contribution >= 0.6 is 0 Å². The number of carboxylic acids is 1. The third kappa shape index (κ3) is 3.22. The molecule has 1 unspecified atom stereocenters. The van der Waals surface area contributed by atoms with Crippen LogP contribution < -0.4 is 9.62 Å². The minimum atomic E-state index is -3.91. The molecule has 0 spiro atoms. The summed E-state index contributed by atoms with van der Waals surface area (Å²) in [6.07, 6.45) is 2.34. The second-order valence-corrected chi connectivity index (χ2v) is 6.87. The monoisotopic (exact) mass is 298 g/mol. The quantitative estimate of drug-likeness (QED) is 0.860. The van der Waals surface area contributed by atoms with E-state index in [-0.39, 0.29) is 0 Å². The number of nitrogens with zero attached hydrogens (tertiary/aromatic N) is 1. The van der Waals surface area contributed by atoms with Crippen molar-refractivity contribution < 1.29 is 18.3 Å². The van der Waals surface area contributed by atoms with E-state index in [2.05, 4.69) is 9.62 Å². The SMILES string of the molecule is CC(C(=O)O)S(=O)(=O)Nc1ccc(N2CCCC2)cc1. The highest BCUT2D eigenvalue weighted by molar-refractivity contribution is 7.94. The second-order valence-electron chi connectivity index (χ2n) is 4.87. The maximum Gasteiger partial charge on any atom is 0.323 e. The summed E-state index contributed by atoms with van der Waals surface area (Å²) in [5.41, 5.74) is 1.43. The summed E-state index contributed by atoms with van der Waals surface area (Å²) in [5, 5.41) is 7.27. The van der Waals surface area contributed by atoms with E-state index in [1.807, 2.05) is 12.1 Å². The van der Waals surface area contributed by atoms with Crippen LogP contribution in [-0.2, 0) is 14.8 Å². The summed E-state index contributed by atoms with van der Waals surface area (Å²) in [7, 11) is -3.91. The van der Waals surface area contributed by atoms with Crippen LogP contribution in [0.3, 0.4) is 0 Å². The molecule has 1 atom stereocenters. The van der Waals surface area contributed by atoms with Gasteiger partial charge in [0.2, 0.25) is 10.0 Å². The van der Waals surface area contributed by atoms with Gasteiger partial charge < -0.3 is 10.0 Å². The van der Waals surface area contributed by atoms with Crippen molar-refractivity contribution in [3.8, 4) is 0 Å². The number of carboxylic acid groups (broad SMARTS) is 1. The molecule has 0 aliphatic carbocycles. The van der Waals surface area contributed by atoms with Crippen molar-refractivity contribution in [2.24, 2.45) is 0 Å². The standard InChI is InChI=1S/C13H18N2O4S/c1-10(13(16)17)20(18,19)14-11-4-6-12(7-5-11)15-8-2-3-9-15/h4-7,10,14H,2-3,8-9H2,1H3,(H,16,17). The van der Waals surface area contributed by atoms with Gasteiger partial charge in [-0.3, -0.25) is 9.52 Å². The molecule has 1 aliphatic rings. The average molecular weight is 298 g/mol. The van der Waals surface area contributed by atoms with Gasteiger partial charge >= 0.3 is 5.97 Å². The number of benzene rings is 1. The molecule has 1 aliphatic heterocycles. The molecule has 1 saturated heterocycles. The zero-order valence-electron chi connectivity index (χ0n) is 11.2. The maximum absolute atomic E-state index is 11.8. The Labute approximate surface area is 118 Å². The zero-order chi connectivity index (χ0) is 14.8. The first-order valence-electron chi connectivity index (χ1n) is 6.49. The minimum Gasteiger partial charge on any atom is -0.480 e. The van der Waals surface area contributed by atoms with Crippen LogP contribution in [0.25, 0.3) is 0 Å². The fourth-order valence-corrected chi connectivity index (χ4v) is 3.01. The molecule has 0 aromatic heterocycles. The van der Waals surface area contributed by atoms with Crippen molar-refractivity contribution in [3.05, 3.63) is 24.3 Å². The number of nitrogens with one attached hydrogen (secondary N) is 1. The van der Waals surface area contributed by atoms with Gasteiger partial charge in [0.1, 0.15) is 0 Å². The smallest absolute Gasteiger partial charge is 0.323 e. The number of anilines is 2. The van der Waals surface area contributed by atoms with Crippen LogP contribution in [0.2, 0.25) is 0 Å². The van der Waals surface area contributed by atoms with Crippen LogP contribution in [-0.4, -0.2) is 37.8 Å². The van der Waals surface area contributed by atoms with E-state index >= 15 is 0 Å². The summed E-state index contributed by atoms with van der Waals surface area (Å²) in [5.74, 6) is -1.37. The number of rotatable bonds is 5. The molecule has 0 radical (unpaired) electrons. The van der Waals surface area contributed by atoms with E-state index in [0.717, 1.165) is 25.7 Å². The highest BCUT2D eigenvalue weighted by Gasteiger charge is 2.27. The van der Waals surface area contributed by atoms with Crippen molar-refractivity contribution >= 4 is 27.4 Å². The second kappa shape index (κ2) is 5.70. The number of carbonyl (C=O) groups is 1. The Kier molecular flexibility index (Phi) is 4.17. The molecule has 0 amide bonds. The van der Waals surface area contributed by atoms with Gasteiger partial charge in [-0.1, -0.05) is 0 Å². The first-order chi connectivity index (χ1) is 9.40. The Balaban J connectivity index is 2.09. The van der Waals surface area contributed by atoms with Crippen LogP contribution in [0, 0.1) is 0 Å². The minimum absolute atomic E-state index is 0.376. The molecule has 7 heteroatoms. The molecule has 6 nitrogen and oxygen atoms in total. The molecule has 1 aromatic carbocycles. The van der Waals surface area contributed by atoms with E-state index < -0.39 is 21.2 Å². The Hall–Kier alpha value is -1.76. The van der Waals surface area contributed by atoms with Gasteiger partial charge in [0.15, 0.2) is 5.25 Å². The molecular formula is C13H18N2O4S. The molecular weight excluding hydrogens is 280 g/mol. The largest absolute Gasteiger partial charge is 0.480 e. The van der Waals surface area contributed by atoms with Gasteiger partial charge in [-0.25, -0.2) is 8.42 Å². The molecule has 2 rings (SSSR count). The summed E-state index contributed by atoms with van der Waals surface area (Å²) < 4.78 is 25.9. The van der Waals surface area contributed by atoms with Gasteiger partial charge in [0.25, 0.3) is 0 Å². The summed E-state index contributed by atoms with van der Waals surface area (Å²) in [6, 6.07) is 6.99. The van der Waals surface area contributed by atoms with Gasteiger partial charge in [-0.05, 0) is 44.0 Å². The maximum atomic E-state index is 11.8.